The van der Waals surface area contributed by atoms with Crippen LogP contribution in [0.2, 0.25) is 10.0 Å². The van der Waals surface area contributed by atoms with E-state index in [9.17, 15) is 9.59 Å². The van der Waals surface area contributed by atoms with Crippen LogP contribution in [0.15, 0.2) is 50.1 Å². The fourth-order valence-electron chi connectivity index (χ4n) is 5.06. The van der Waals surface area contributed by atoms with E-state index in [1.54, 1.807) is 12.1 Å². The second-order valence-electron chi connectivity index (χ2n) is 9.99. The van der Waals surface area contributed by atoms with Gasteiger partial charge in [-0.15, -0.1) is 0 Å². The highest BCUT2D eigenvalue weighted by atomic mass is 79.9. The van der Waals surface area contributed by atoms with E-state index in [1.807, 2.05) is 0 Å². The summed E-state index contributed by atoms with van der Waals surface area (Å²) in [6, 6.07) is 11.2. The van der Waals surface area contributed by atoms with Crippen LogP contribution >= 0.6 is 39.1 Å². The Bertz CT molecular complexity index is 1370. The summed E-state index contributed by atoms with van der Waals surface area (Å²) in [7, 11) is 0. The molecule has 2 fully saturated rings. The molecular formula is C28H30BrCl2N3O4. The second-order valence-corrected chi connectivity index (χ2v) is 11.7. The summed E-state index contributed by atoms with van der Waals surface area (Å²) in [4.78, 5) is 27.5. The minimum Gasteiger partial charge on any atom is -0.489 e. The number of benzene rings is 2. The number of carbonyl (C=O) groups excluding carboxylic acids is 1. The normalized spacial score (nSPS) is 17.6. The first-order chi connectivity index (χ1) is 18.3. The summed E-state index contributed by atoms with van der Waals surface area (Å²) in [6.45, 7) is 4.61. The van der Waals surface area contributed by atoms with Gasteiger partial charge in [0.1, 0.15) is 17.4 Å². The van der Waals surface area contributed by atoms with Gasteiger partial charge in [-0.05, 0) is 84.5 Å². The van der Waals surface area contributed by atoms with Crippen LogP contribution in [-0.2, 0) is 17.8 Å². The summed E-state index contributed by atoms with van der Waals surface area (Å²) in [6.07, 6.45) is 3.98. The number of rotatable bonds is 7. The molecule has 7 nitrogen and oxygen atoms in total. The SMILES string of the molecule is O=C(Cc1cc2cc(Cl)c(Cl)cc2oc1=O)NC1CCN(Cc2ccc(OC3CCNCC3)c(Br)c2)CC1. The number of hydrogen-bond donors (Lipinski definition) is 2. The first-order valence-corrected chi connectivity index (χ1v) is 14.5. The molecule has 2 aromatic carbocycles. The Morgan fingerprint density at radius 2 is 1.82 bits per heavy atom. The van der Waals surface area contributed by atoms with E-state index in [0.717, 1.165) is 68.6 Å². The number of nitrogens with zero attached hydrogens (tertiary/aromatic N) is 1. The van der Waals surface area contributed by atoms with E-state index in [1.165, 1.54) is 11.6 Å². The highest BCUT2D eigenvalue weighted by molar-refractivity contribution is 9.10. The molecule has 2 aliphatic heterocycles. The van der Waals surface area contributed by atoms with E-state index in [4.69, 9.17) is 32.4 Å². The van der Waals surface area contributed by atoms with Gasteiger partial charge in [0.05, 0.1) is 20.9 Å². The molecule has 0 spiro atoms. The summed E-state index contributed by atoms with van der Waals surface area (Å²) in [5.41, 5.74) is 1.32. The van der Waals surface area contributed by atoms with Crippen molar-refractivity contribution >= 4 is 56.0 Å². The Balaban J connectivity index is 1.10. The Kier molecular flexibility index (Phi) is 8.95. The number of halogens is 3. The predicted molar refractivity (Wildman–Crippen MR) is 153 cm³/mol. The third kappa shape index (κ3) is 6.90. The summed E-state index contributed by atoms with van der Waals surface area (Å²) in [5.74, 6) is 0.706. The van der Waals surface area contributed by atoms with Crippen LogP contribution < -0.4 is 21.0 Å². The van der Waals surface area contributed by atoms with Crippen molar-refractivity contribution in [1.82, 2.24) is 15.5 Å². The number of ether oxygens (including phenoxy) is 1. The van der Waals surface area contributed by atoms with Gasteiger partial charge in [-0.25, -0.2) is 4.79 Å². The lowest BCUT2D eigenvalue weighted by molar-refractivity contribution is -0.121. The molecule has 0 unspecified atom stereocenters. The van der Waals surface area contributed by atoms with Gasteiger partial charge in [0, 0.05) is 42.7 Å². The van der Waals surface area contributed by atoms with Crippen molar-refractivity contribution in [3.8, 4) is 5.75 Å². The quantitative estimate of drug-likeness (QED) is 0.347. The summed E-state index contributed by atoms with van der Waals surface area (Å²) < 4.78 is 12.5. The van der Waals surface area contributed by atoms with Crippen LogP contribution in [0, 0.1) is 0 Å². The molecule has 5 rings (SSSR count). The zero-order chi connectivity index (χ0) is 26.6. The molecule has 0 saturated carbocycles. The number of amides is 1. The molecule has 3 aromatic rings. The highest BCUT2D eigenvalue weighted by Gasteiger charge is 2.22. The lowest BCUT2D eigenvalue weighted by atomic mass is 10.0. The summed E-state index contributed by atoms with van der Waals surface area (Å²) >= 11 is 15.8. The Labute approximate surface area is 239 Å². The lowest BCUT2D eigenvalue weighted by Gasteiger charge is -2.32. The minimum atomic E-state index is -0.542. The van der Waals surface area contributed by atoms with Crippen LogP contribution in [0.3, 0.4) is 0 Å². The molecule has 38 heavy (non-hydrogen) atoms. The number of nitrogens with one attached hydrogen (secondary N) is 2. The average molecular weight is 623 g/mol. The van der Waals surface area contributed by atoms with Gasteiger partial charge in [-0.2, -0.15) is 0 Å². The van der Waals surface area contributed by atoms with Crippen LogP contribution in [0.1, 0.15) is 36.8 Å². The molecule has 0 bridgehead atoms. The van der Waals surface area contributed by atoms with Gasteiger partial charge in [-0.3, -0.25) is 9.69 Å². The molecule has 0 atom stereocenters. The third-order valence-corrected chi connectivity index (χ3v) is 8.48. The van der Waals surface area contributed by atoms with Gasteiger partial charge in [0.2, 0.25) is 5.91 Å². The number of likely N-dealkylation sites (tertiary alicyclic amines) is 1. The van der Waals surface area contributed by atoms with Crippen LogP contribution in [0.5, 0.6) is 5.75 Å². The van der Waals surface area contributed by atoms with Crippen molar-refractivity contribution in [2.75, 3.05) is 26.2 Å². The summed E-state index contributed by atoms with van der Waals surface area (Å²) in [5, 5.41) is 7.75. The topological polar surface area (TPSA) is 83.8 Å². The third-order valence-electron chi connectivity index (χ3n) is 7.13. The van der Waals surface area contributed by atoms with Gasteiger partial charge in [-0.1, -0.05) is 29.3 Å². The smallest absolute Gasteiger partial charge is 0.339 e. The van der Waals surface area contributed by atoms with Crippen LogP contribution in [-0.4, -0.2) is 49.1 Å². The van der Waals surface area contributed by atoms with Crippen LogP contribution in [0.4, 0.5) is 0 Å². The number of piperidine rings is 2. The number of fused-ring (bicyclic) bond motifs is 1. The Morgan fingerprint density at radius 1 is 1.08 bits per heavy atom. The Morgan fingerprint density at radius 3 is 2.55 bits per heavy atom. The van der Waals surface area contributed by atoms with E-state index in [2.05, 4.69) is 49.7 Å². The van der Waals surface area contributed by atoms with Crippen molar-refractivity contribution < 1.29 is 13.9 Å². The molecule has 202 valence electrons. The first-order valence-electron chi connectivity index (χ1n) is 12.9. The average Bonchev–Trinajstić information content (AvgIpc) is 2.89. The van der Waals surface area contributed by atoms with E-state index < -0.39 is 5.63 Å². The van der Waals surface area contributed by atoms with Crippen molar-refractivity contribution in [2.24, 2.45) is 0 Å². The molecule has 3 heterocycles. The zero-order valence-corrected chi connectivity index (χ0v) is 24.0. The molecule has 2 aliphatic rings. The van der Waals surface area contributed by atoms with E-state index >= 15 is 0 Å². The highest BCUT2D eigenvalue weighted by Crippen LogP contribution is 2.30. The lowest BCUT2D eigenvalue weighted by Crippen LogP contribution is -2.45. The van der Waals surface area contributed by atoms with Crippen LogP contribution in [0.25, 0.3) is 11.0 Å². The van der Waals surface area contributed by atoms with Gasteiger partial charge >= 0.3 is 5.63 Å². The zero-order valence-electron chi connectivity index (χ0n) is 20.9. The number of hydrogen-bond acceptors (Lipinski definition) is 6. The van der Waals surface area contributed by atoms with E-state index in [-0.39, 0.29) is 24.5 Å². The molecule has 2 saturated heterocycles. The maximum atomic E-state index is 12.7. The molecular weight excluding hydrogens is 593 g/mol. The van der Waals surface area contributed by atoms with Crippen molar-refractivity contribution in [2.45, 2.75) is 50.8 Å². The van der Waals surface area contributed by atoms with Crippen molar-refractivity contribution in [3.63, 3.8) is 0 Å². The maximum Gasteiger partial charge on any atom is 0.339 e. The van der Waals surface area contributed by atoms with Gasteiger partial charge in [0.25, 0.3) is 0 Å². The molecule has 1 aromatic heterocycles. The molecule has 10 heteroatoms. The largest absolute Gasteiger partial charge is 0.489 e. The first kappa shape index (κ1) is 27.5. The fraction of sp³-hybridized carbons (Fsp3) is 0.429. The van der Waals surface area contributed by atoms with Gasteiger partial charge in [0.15, 0.2) is 0 Å². The number of carbonyl (C=O) groups is 1. The monoisotopic (exact) mass is 621 g/mol. The van der Waals surface area contributed by atoms with E-state index in [0.29, 0.717) is 26.6 Å². The molecule has 0 aliphatic carbocycles. The second kappa shape index (κ2) is 12.4. The van der Waals surface area contributed by atoms with Crippen molar-refractivity contribution in [3.05, 3.63) is 72.5 Å². The predicted octanol–water partition coefficient (Wildman–Crippen LogP) is 5.32. The Hall–Kier alpha value is -2.10. The fourth-order valence-corrected chi connectivity index (χ4v) is 5.90. The molecule has 0 radical (unpaired) electrons. The molecule has 1 amide bonds. The minimum absolute atomic E-state index is 0.0431. The maximum absolute atomic E-state index is 12.7. The van der Waals surface area contributed by atoms with Gasteiger partial charge < -0.3 is 19.8 Å². The molecule has 2 N–H and O–H groups in total. The van der Waals surface area contributed by atoms with Crippen molar-refractivity contribution in [1.29, 1.82) is 0 Å². The standard InChI is InChI=1S/C28H30BrCl2N3O4/c29-22-11-17(1-2-25(22)37-21-3-7-32-8-4-21)16-34-9-5-20(6-10-34)33-27(35)14-19-12-18-13-23(30)24(31)15-26(18)38-28(19)36/h1-2,11-13,15,20-21,32H,3-10,14,16H2,(H,33,35).